The summed E-state index contributed by atoms with van der Waals surface area (Å²) >= 11 is 0. The first kappa shape index (κ1) is 66.3. The minimum atomic E-state index is -5.17. The van der Waals surface area contributed by atoms with E-state index in [0.29, 0.717) is 0 Å². The Labute approximate surface area is 453 Å². The third-order valence-electron chi connectivity index (χ3n) is 13.8. The van der Waals surface area contributed by atoms with Gasteiger partial charge < -0.3 is 150 Å². The Morgan fingerprint density at radius 3 is 1.32 bits per heavy atom. The summed E-state index contributed by atoms with van der Waals surface area (Å²) in [5, 5.41) is 182. The van der Waals surface area contributed by atoms with Gasteiger partial charge in [0.2, 0.25) is 17.7 Å². The van der Waals surface area contributed by atoms with Crippen molar-refractivity contribution in [3.63, 3.8) is 0 Å². The molecule has 30 atom stereocenters. The Bertz CT molecular complexity index is 2130. The van der Waals surface area contributed by atoms with E-state index in [1.165, 1.54) is 0 Å². The number of ether oxygens (including phenoxy) is 11. The standard InChI is InChI=1S/C42H71N3O34S/c1-10(50)43-19-27(58)33(15(6-48)70-37(19)64)76-39-21(45-12(3)52)28(59)34(16(7-49)73-39)77-41-32(63)35(25(56)17(75-41)8-68-40-31(62)29(60)24(55)18(74-40)9-69-80(65,66)67)78-42-36(30(61)23(54)14(5-47)72-42)79-38-20(44-11(2)51)26(57)22(53)13(4-46)71-38/h13-42,46-49,53-64H,4-9H2,1-3H3,(H,43,50)(H,44,51)(H,45,52)(H,65,66,67)/t13-,14-,15-,16-,17-,18-,19-,20-,21-,22-,23-,24-,25-,26-,27-,28-,29+,30+,31+,32+,33-,34-,35+,36+,37?,38+,39+,40+,41+,42-/m1/s1. The summed E-state index contributed by atoms with van der Waals surface area (Å²) < 4.78 is 99.4. The van der Waals surface area contributed by atoms with Gasteiger partial charge in [-0.05, 0) is 0 Å². The summed E-state index contributed by atoms with van der Waals surface area (Å²) in [5.74, 6) is -2.45. The average molecular weight is 1190 g/mol. The van der Waals surface area contributed by atoms with E-state index in [-0.39, 0.29) is 0 Å². The van der Waals surface area contributed by atoms with Crippen LogP contribution >= 0.6 is 0 Å². The molecule has 6 fully saturated rings. The Morgan fingerprint density at radius 2 is 0.787 bits per heavy atom. The number of amides is 3. The van der Waals surface area contributed by atoms with Gasteiger partial charge in [0.05, 0.1) is 39.6 Å². The molecule has 0 bridgehead atoms. The van der Waals surface area contributed by atoms with E-state index >= 15 is 0 Å². The van der Waals surface area contributed by atoms with Gasteiger partial charge in [0.1, 0.15) is 146 Å². The fraction of sp³-hybridized carbons (Fsp3) is 0.929. The highest BCUT2D eigenvalue weighted by molar-refractivity contribution is 7.80. The van der Waals surface area contributed by atoms with Crippen molar-refractivity contribution >= 4 is 28.1 Å². The molecular weight excluding hydrogens is 1120 g/mol. The smallest absolute Gasteiger partial charge is 0.394 e. The zero-order valence-electron chi connectivity index (χ0n) is 42.5. The van der Waals surface area contributed by atoms with Crippen molar-refractivity contribution in [3.8, 4) is 0 Å². The zero-order chi connectivity index (χ0) is 59.4. The van der Waals surface area contributed by atoms with Crippen LogP contribution in [0.3, 0.4) is 0 Å². The van der Waals surface area contributed by atoms with Gasteiger partial charge >= 0.3 is 10.4 Å². The van der Waals surface area contributed by atoms with E-state index < -0.39 is 252 Å². The number of carbonyl (C=O) groups excluding carboxylic acids is 3. The lowest BCUT2D eigenvalue weighted by molar-refractivity contribution is -0.394. The molecule has 38 heteroatoms. The van der Waals surface area contributed by atoms with Gasteiger partial charge in [-0.2, -0.15) is 8.42 Å². The molecule has 6 rings (SSSR count). The Balaban J connectivity index is 1.34. The molecule has 1 unspecified atom stereocenters. The number of aliphatic hydroxyl groups excluding tert-OH is 16. The number of carbonyl (C=O) groups is 3. The highest BCUT2D eigenvalue weighted by Crippen LogP contribution is 2.37. The van der Waals surface area contributed by atoms with E-state index in [4.69, 9.17) is 56.7 Å². The normalized spacial score (nSPS) is 46.5. The third-order valence-corrected chi connectivity index (χ3v) is 14.3. The molecule has 0 aromatic carbocycles. The molecule has 0 aliphatic carbocycles. The molecule has 6 saturated heterocycles. The van der Waals surface area contributed by atoms with Gasteiger partial charge in [-0.1, -0.05) is 0 Å². The van der Waals surface area contributed by atoms with Gasteiger partial charge in [0.25, 0.3) is 0 Å². The first-order valence-corrected chi connectivity index (χ1v) is 26.1. The molecule has 0 aromatic rings. The topological polar surface area (TPSA) is 576 Å². The third kappa shape index (κ3) is 15.4. The summed E-state index contributed by atoms with van der Waals surface area (Å²) in [4.78, 5) is 36.8. The number of hydrogen-bond donors (Lipinski definition) is 20. The molecule has 6 aliphatic rings. The van der Waals surface area contributed by atoms with Gasteiger partial charge in [-0.3, -0.25) is 18.9 Å². The molecule has 0 saturated carbocycles. The quantitative estimate of drug-likeness (QED) is 0.0475. The predicted molar refractivity (Wildman–Crippen MR) is 244 cm³/mol. The number of nitrogens with one attached hydrogen (secondary N) is 3. The second-order valence-corrected chi connectivity index (χ2v) is 20.6. The van der Waals surface area contributed by atoms with Gasteiger partial charge in [-0.25, -0.2) is 4.18 Å². The lowest BCUT2D eigenvalue weighted by Gasteiger charge is -2.51. The van der Waals surface area contributed by atoms with Crippen LogP contribution in [-0.4, -0.2) is 336 Å². The molecule has 6 heterocycles. The Kier molecular flexibility index (Phi) is 23.5. The first-order chi connectivity index (χ1) is 37.5. The summed E-state index contributed by atoms with van der Waals surface area (Å²) in [6, 6.07) is -5.10. The maximum absolute atomic E-state index is 12.7. The Morgan fingerprint density at radius 1 is 0.388 bits per heavy atom. The van der Waals surface area contributed by atoms with Crippen molar-refractivity contribution < 1.29 is 165 Å². The minimum Gasteiger partial charge on any atom is -0.394 e. The first-order valence-electron chi connectivity index (χ1n) is 24.8. The van der Waals surface area contributed by atoms with E-state index in [0.717, 1.165) is 20.8 Å². The lowest BCUT2D eigenvalue weighted by atomic mass is 9.94. The maximum Gasteiger partial charge on any atom is 0.397 e. The van der Waals surface area contributed by atoms with E-state index in [1.807, 2.05) is 0 Å². The molecule has 80 heavy (non-hydrogen) atoms. The van der Waals surface area contributed by atoms with Crippen molar-refractivity contribution in [1.82, 2.24) is 16.0 Å². The molecule has 3 amide bonds. The Hall–Kier alpha value is -2.80. The lowest BCUT2D eigenvalue weighted by Crippen LogP contribution is -2.70. The zero-order valence-corrected chi connectivity index (χ0v) is 43.3. The number of rotatable bonds is 21. The summed E-state index contributed by atoms with van der Waals surface area (Å²) in [6.07, 6.45) is -54.4. The highest BCUT2D eigenvalue weighted by Gasteiger charge is 2.58. The maximum atomic E-state index is 12.7. The molecule has 20 N–H and O–H groups in total. The van der Waals surface area contributed by atoms with Crippen molar-refractivity contribution in [2.75, 3.05) is 39.6 Å². The molecule has 0 aromatic heterocycles. The van der Waals surface area contributed by atoms with Crippen molar-refractivity contribution in [1.29, 1.82) is 0 Å². The van der Waals surface area contributed by atoms with E-state index in [1.54, 1.807) is 0 Å². The molecule has 464 valence electrons. The van der Waals surface area contributed by atoms with Crippen LogP contribution in [0.2, 0.25) is 0 Å². The van der Waals surface area contributed by atoms with E-state index in [2.05, 4.69) is 20.1 Å². The summed E-state index contributed by atoms with van der Waals surface area (Å²) in [5.41, 5.74) is 0. The minimum absolute atomic E-state index is 0.744. The predicted octanol–water partition coefficient (Wildman–Crippen LogP) is -13.8. The van der Waals surface area contributed by atoms with Gasteiger partial charge in [-0.15, -0.1) is 0 Å². The molecule has 6 aliphatic heterocycles. The van der Waals surface area contributed by atoms with Crippen LogP contribution in [0, 0.1) is 0 Å². The van der Waals surface area contributed by atoms with Crippen molar-refractivity contribution in [2.45, 2.75) is 205 Å². The largest absolute Gasteiger partial charge is 0.397 e. The van der Waals surface area contributed by atoms with Crippen LogP contribution in [0.25, 0.3) is 0 Å². The molecule has 0 spiro atoms. The van der Waals surface area contributed by atoms with Crippen molar-refractivity contribution in [3.05, 3.63) is 0 Å². The summed E-state index contributed by atoms with van der Waals surface area (Å²) in [6.45, 7) is -3.28. The second-order valence-electron chi connectivity index (χ2n) is 19.5. The summed E-state index contributed by atoms with van der Waals surface area (Å²) in [7, 11) is -5.17. The second kappa shape index (κ2) is 28.4. The SMILES string of the molecule is CC(=O)N[C@H]1[C@H](O[C@H]2[C@H](O)[C@@H](NC(C)=O)C(O)O[C@@H]2CO)O[C@H](CO)[C@@H](O[C@@H]2O[C@H](CO[C@H]3O[C@H](COS(=O)(=O)O)[C@@H](O)[C@H](O)[C@@H]3O)[C@@H](O)[C@H](O[C@H]3O[C@H](CO)[C@@H](O)[C@H](O)[C@@H]3O[C@@H]3O[C@H](CO)[C@@H](O)[C@H](O)[C@H]3NC(C)=O)[C@@H]2O)[C@@H]1O. The van der Waals surface area contributed by atoms with Crippen LogP contribution < -0.4 is 16.0 Å². The molecular formula is C42H71N3O34S. The van der Waals surface area contributed by atoms with Crippen LogP contribution in [0.15, 0.2) is 0 Å². The van der Waals surface area contributed by atoms with Gasteiger partial charge in [0.15, 0.2) is 37.7 Å². The molecule has 0 radical (unpaired) electrons. The fourth-order valence-electron chi connectivity index (χ4n) is 9.74. The highest BCUT2D eigenvalue weighted by atomic mass is 32.3. The fourth-order valence-corrected chi connectivity index (χ4v) is 10.1. The van der Waals surface area contributed by atoms with Crippen LogP contribution in [0.1, 0.15) is 20.8 Å². The van der Waals surface area contributed by atoms with E-state index in [9.17, 15) is 105 Å². The molecule has 37 nitrogen and oxygen atoms in total. The monoisotopic (exact) mass is 1190 g/mol. The van der Waals surface area contributed by atoms with Crippen LogP contribution in [0.5, 0.6) is 0 Å². The number of aliphatic hydroxyl groups is 16. The average Bonchev–Trinajstić information content (AvgIpc) is 3.41. The number of hydrogen-bond acceptors (Lipinski definition) is 33. The van der Waals surface area contributed by atoms with Crippen LogP contribution in [0.4, 0.5) is 0 Å². The van der Waals surface area contributed by atoms with Crippen LogP contribution in [-0.2, 0) is 81.1 Å². The van der Waals surface area contributed by atoms with Crippen molar-refractivity contribution in [2.24, 2.45) is 0 Å². The van der Waals surface area contributed by atoms with Gasteiger partial charge in [0, 0.05) is 20.8 Å².